The Labute approximate surface area is 143 Å². The number of anilines is 2. The van der Waals surface area contributed by atoms with Gasteiger partial charge in [-0.25, -0.2) is 9.78 Å². The first-order valence-electron chi connectivity index (χ1n) is 7.26. The molecule has 0 aromatic carbocycles. The van der Waals surface area contributed by atoms with E-state index in [0.29, 0.717) is 12.5 Å². The van der Waals surface area contributed by atoms with Gasteiger partial charge in [0.25, 0.3) is 0 Å². The van der Waals surface area contributed by atoms with Gasteiger partial charge in [0.2, 0.25) is 6.41 Å². The van der Waals surface area contributed by atoms with Crippen LogP contribution in [0.3, 0.4) is 0 Å². The molecule has 1 heterocycles. The van der Waals surface area contributed by atoms with Gasteiger partial charge in [0, 0.05) is 18.9 Å². The van der Waals surface area contributed by atoms with Crippen molar-refractivity contribution in [3.05, 3.63) is 17.8 Å². The smallest absolute Gasteiger partial charge is 0.433 e. The zero-order valence-electron chi connectivity index (χ0n) is 14.3. The molecule has 140 valence electrons. The maximum Gasteiger partial charge on any atom is 0.433 e. The predicted octanol–water partition coefficient (Wildman–Crippen LogP) is 3.06. The summed E-state index contributed by atoms with van der Waals surface area (Å²) in [6.45, 7) is 4.95. The summed E-state index contributed by atoms with van der Waals surface area (Å²) >= 11 is 0. The fourth-order valence-corrected chi connectivity index (χ4v) is 1.71. The van der Waals surface area contributed by atoms with Crippen molar-refractivity contribution in [1.29, 1.82) is 0 Å². The van der Waals surface area contributed by atoms with Gasteiger partial charge >= 0.3 is 12.3 Å². The van der Waals surface area contributed by atoms with Crippen LogP contribution < -0.4 is 10.2 Å². The van der Waals surface area contributed by atoms with Gasteiger partial charge in [0.05, 0.1) is 13.2 Å². The van der Waals surface area contributed by atoms with Gasteiger partial charge in [-0.15, -0.1) is 0 Å². The molecule has 2 amide bonds. The minimum Gasteiger partial charge on any atom is -0.444 e. The van der Waals surface area contributed by atoms with Crippen molar-refractivity contribution < 1.29 is 32.2 Å². The van der Waals surface area contributed by atoms with Crippen LogP contribution in [0.1, 0.15) is 26.5 Å². The van der Waals surface area contributed by atoms with Gasteiger partial charge < -0.3 is 9.47 Å². The third kappa shape index (κ3) is 6.96. The zero-order chi connectivity index (χ0) is 19.3. The molecule has 0 bridgehead atoms. The molecule has 10 heteroatoms. The van der Waals surface area contributed by atoms with Crippen LogP contribution in [0.2, 0.25) is 0 Å². The fraction of sp³-hybridized carbons (Fsp3) is 0.533. The normalized spacial score (nSPS) is 11.8. The van der Waals surface area contributed by atoms with Crippen molar-refractivity contribution in [2.45, 2.75) is 32.5 Å². The fourth-order valence-electron chi connectivity index (χ4n) is 1.71. The van der Waals surface area contributed by atoms with Gasteiger partial charge in [-0.2, -0.15) is 13.2 Å². The molecule has 1 rings (SSSR count). The Balaban J connectivity index is 3.17. The molecule has 0 aliphatic rings. The summed E-state index contributed by atoms with van der Waals surface area (Å²) in [6, 6.07) is 1.80. The Bertz CT molecular complexity index is 615. The van der Waals surface area contributed by atoms with E-state index in [9.17, 15) is 22.8 Å². The van der Waals surface area contributed by atoms with Crippen LogP contribution in [-0.2, 0) is 20.4 Å². The molecule has 1 aromatic heterocycles. The van der Waals surface area contributed by atoms with Gasteiger partial charge in [-0.05, 0) is 26.8 Å². The van der Waals surface area contributed by atoms with E-state index < -0.39 is 23.6 Å². The monoisotopic (exact) mass is 363 g/mol. The highest BCUT2D eigenvalue weighted by atomic mass is 19.4. The van der Waals surface area contributed by atoms with E-state index in [-0.39, 0.29) is 24.7 Å². The first-order valence-corrected chi connectivity index (χ1v) is 7.26. The van der Waals surface area contributed by atoms with E-state index in [2.05, 4.69) is 10.3 Å². The van der Waals surface area contributed by atoms with E-state index in [0.717, 1.165) is 11.0 Å². The van der Waals surface area contributed by atoms with Crippen molar-refractivity contribution in [1.82, 2.24) is 4.98 Å². The largest absolute Gasteiger partial charge is 0.444 e. The van der Waals surface area contributed by atoms with Crippen LogP contribution in [0.15, 0.2) is 12.1 Å². The van der Waals surface area contributed by atoms with E-state index in [1.54, 1.807) is 20.8 Å². The van der Waals surface area contributed by atoms with Crippen LogP contribution in [0.4, 0.5) is 29.5 Å². The van der Waals surface area contributed by atoms with E-state index >= 15 is 0 Å². The quantitative estimate of drug-likeness (QED) is 0.786. The number of halogens is 3. The topological polar surface area (TPSA) is 80.8 Å². The first kappa shape index (κ1) is 20.7. The van der Waals surface area contributed by atoms with Crippen molar-refractivity contribution >= 4 is 24.0 Å². The van der Waals surface area contributed by atoms with Crippen molar-refractivity contribution in [2.24, 2.45) is 0 Å². The number of methoxy groups -OCH3 is 1. The average Bonchev–Trinajstić information content (AvgIpc) is 2.44. The summed E-state index contributed by atoms with van der Waals surface area (Å²) in [6.07, 6.45) is -5.35. The minimum atomic E-state index is -4.75. The lowest BCUT2D eigenvalue weighted by atomic mass is 10.2. The molecular formula is C15H20F3N3O4. The molecule has 0 fully saturated rings. The average molecular weight is 363 g/mol. The molecule has 0 atom stereocenters. The SMILES string of the molecule is COCCN(C=O)c1cc(NC(=O)OC(C)(C)C)cc(C(F)(F)F)n1. The van der Waals surface area contributed by atoms with E-state index in [4.69, 9.17) is 9.47 Å². The number of ether oxygens (including phenoxy) is 2. The zero-order valence-corrected chi connectivity index (χ0v) is 14.3. The van der Waals surface area contributed by atoms with Crippen molar-refractivity contribution in [3.63, 3.8) is 0 Å². The van der Waals surface area contributed by atoms with Crippen LogP contribution in [0.5, 0.6) is 0 Å². The number of hydrogen-bond acceptors (Lipinski definition) is 5. The summed E-state index contributed by atoms with van der Waals surface area (Å²) in [5, 5.41) is 2.21. The molecule has 0 spiro atoms. The highest BCUT2D eigenvalue weighted by Crippen LogP contribution is 2.31. The Morgan fingerprint density at radius 3 is 2.44 bits per heavy atom. The molecule has 25 heavy (non-hydrogen) atoms. The summed E-state index contributed by atoms with van der Waals surface area (Å²) < 4.78 is 48.9. The maximum absolute atomic E-state index is 13.0. The summed E-state index contributed by atoms with van der Waals surface area (Å²) in [5.41, 5.74) is -2.27. The lowest BCUT2D eigenvalue weighted by Crippen LogP contribution is -2.29. The van der Waals surface area contributed by atoms with Gasteiger partial charge in [-0.1, -0.05) is 0 Å². The number of pyridine rings is 1. The highest BCUT2D eigenvalue weighted by Gasteiger charge is 2.34. The molecule has 1 N–H and O–H groups in total. The number of amides is 2. The van der Waals surface area contributed by atoms with Gasteiger partial charge in [-0.3, -0.25) is 15.0 Å². The number of hydrogen-bond donors (Lipinski definition) is 1. The number of rotatable bonds is 6. The van der Waals surface area contributed by atoms with Gasteiger partial charge in [0.15, 0.2) is 0 Å². The lowest BCUT2D eigenvalue weighted by molar-refractivity contribution is -0.141. The number of nitrogens with one attached hydrogen (secondary N) is 1. The van der Waals surface area contributed by atoms with Gasteiger partial charge in [0.1, 0.15) is 17.1 Å². The summed E-state index contributed by atoms with van der Waals surface area (Å²) in [5.74, 6) is -0.270. The third-order valence-electron chi connectivity index (χ3n) is 2.71. The Kier molecular flexibility index (Phi) is 6.74. The molecule has 0 aliphatic heterocycles. The first-order chi connectivity index (χ1) is 11.5. The molecule has 0 saturated heterocycles. The lowest BCUT2D eigenvalue weighted by Gasteiger charge is -2.21. The van der Waals surface area contributed by atoms with E-state index in [1.807, 2.05) is 0 Å². The molecule has 7 nitrogen and oxygen atoms in total. The van der Waals surface area contributed by atoms with Crippen molar-refractivity contribution in [3.8, 4) is 0 Å². The van der Waals surface area contributed by atoms with Crippen LogP contribution in [0.25, 0.3) is 0 Å². The Hall–Kier alpha value is -2.36. The predicted molar refractivity (Wildman–Crippen MR) is 84.4 cm³/mol. The highest BCUT2D eigenvalue weighted by molar-refractivity contribution is 5.86. The molecule has 0 radical (unpaired) electrons. The standard InChI is InChI=1S/C15H20F3N3O4/c1-14(2,3)25-13(23)19-10-7-11(15(16,17)18)20-12(8-10)21(9-22)5-6-24-4/h7-9H,5-6H2,1-4H3,(H,19,20,23). The summed E-state index contributed by atoms with van der Waals surface area (Å²) in [4.78, 5) is 27.3. The maximum atomic E-state index is 13.0. The second kappa shape index (κ2) is 8.15. The molecule has 0 unspecified atom stereocenters. The van der Waals surface area contributed by atoms with Crippen LogP contribution in [0, 0.1) is 0 Å². The second-order valence-corrected chi connectivity index (χ2v) is 6.02. The Morgan fingerprint density at radius 2 is 1.96 bits per heavy atom. The van der Waals surface area contributed by atoms with Crippen LogP contribution >= 0.6 is 0 Å². The number of aromatic nitrogens is 1. The molecule has 0 saturated carbocycles. The third-order valence-corrected chi connectivity index (χ3v) is 2.71. The molecule has 0 aliphatic carbocycles. The van der Waals surface area contributed by atoms with E-state index in [1.165, 1.54) is 7.11 Å². The van der Waals surface area contributed by atoms with Crippen LogP contribution in [-0.4, -0.2) is 43.3 Å². The number of nitrogens with zero attached hydrogens (tertiary/aromatic N) is 2. The number of alkyl halides is 3. The molecule has 1 aromatic rings. The summed E-state index contributed by atoms with van der Waals surface area (Å²) in [7, 11) is 1.39. The second-order valence-electron chi connectivity index (χ2n) is 6.02. The number of carbonyl (C=O) groups excluding carboxylic acids is 2. The number of carbonyl (C=O) groups is 2. The molecular weight excluding hydrogens is 343 g/mol. The Morgan fingerprint density at radius 1 is 1.32 bits per heavy atom. The van der Waals surface area contributed by atoms with Crippen molar-refractivity contribution in [2.75, 3.05) is 30.5 Å². The minimum absolute atomic E-state index is 0.000187.